The molecule has 36 heavy (non-hydrogen) atoms. The number of Topliss-reactive ketones (excluding diaryl/α,β-unsaturated/α-hetero) is 1. The standard InChI is InChI=1S/C25H15Cl3N2O5S/c1-35-23-15(8-13(27)9-16(23)28)21(32)19-20(11-2-5-14(31)6-3-11)30(24(34)22(19)33)25-29-17-7-4-12(26)10-18(17)36-25/h2-10,20,31-32H,1H3/b21-19+. The molecule has 1 aliphatic heterocycles. The van der Waals surface area contributed by atoms with Crippen LogP contribution in [0.4, 0.5) is 5.13 Å². The second-order valence-electron chi connectivity index (χ2n) is 7.84. The summed E-state index contributed by atoms with van der Waals surface area (Å²) in [7, 11) is 1.36. The number of phenols is 1. The van der Waals surface area contributed by atoms with Crippen LogP contribution in [0.3, 0.4) is 0 Å². The molecule has 2 heterocycles. The van der Waals surface area contributed by atoms with Crippen molar-refractivity contribution in [2.75, 3.05) is 12.0 Å². The van der Waals surface area contributed by atoms with E-state index < -0.39 is 23.5 Å². The van der Waals surface area contributed by atoms with Crippen molar-refractivity contribution in [1.82, 2.24) is 4.98 Å². The Kier molecular flexibility index (Phi) is 6.30. The van der Waals surface area contributed by atoms with E-state index in [9.17, 15) is 19.8 Å². The lowest BCUT2D eigenvalue weighted by molar-refractivity contribution is -0.132. The lowest BCUT2D eigenvalue weighted by Gasteiger charge is -2.23. The van der Waals surface area contributed by atoms with Crippen LogP contribution in [0.15, 0.2) is 60.2 Å². The van der Waals surface area contributed by atoms with Crippen molar-refractivity contribution in [2.24, 2.45) is 0 Å². The number of aliphatic hydroxyl groups excluding tert-OH is 1. The topological polar surface area (TPSA) is 100.0 Å². The number of anilines is 1. The Bertz CT molecular complexity index is 1580. The second-order valence-corrected chi connectivity index (χ2v) is 10.1. The smallest absolute Gasteiger partial charge is 0.301 e. The van der Waals surface area contributed by atoms with E-state index in [2.05, 4.69) is 4.98 Å². The van der Waals surface area contributed by atoms with E-state index in [4.69, 9.17) is 39.5 Å². The molecule has 1 unspecified atom stereocenters. The van der Waals surface area contributed by atoms with Gasteiger partial charge in [-0.15, -0.1) is 0 Å². The van der Waals surface area contributed by atoms with Gasteiger partial charge in [0.1, 0.15) is 17.3 Å². The molecule has 182 valence electrons. The number of carbonyl (C=O) groups excluding carboxylic acids is 2. The molecule has 0 radical (unpaired) electrons. The summed E-state index contributed by atoms with van der Waals surface area (Å²) in [4.78, 5) is 32.5. The number of benzene rings is 3. The van der Waals surface area contributed by atoms with E-state index in [1.807, 2.05) is 0 Å². The van der Waals surface area contributed by atoms with E-state index >= 15 is 0 Å². The van der Waals surface area contributed by atoms with Gasteiger partial charge < -0.3 is 14.9 Å². The number of amides is 1. The zero-order chi connectivity index (χ0) is 25.7. The van der Waals surface area contributed by atoms with Crippen LogP contribution in [0.2, 0.25) is 15.1 Å². The Hall–Kier alpha value is -3.30. The number of carbonyl (C=O) groups is 2. The van der Waals surface area contributed by atoms with Gasteiger partial charge in [-0.25, -0.2) is 4.98 Å². The van der Waals surface area contributed by atoms with Gasteiger partial charge in [0.2, 0.25) is 0 Å². The first-order valence-corrected chi connectivity index (χ1v) is 12.3. The summed E-state index contributed by atoms with van der Waals surface area (Å²) >= 11 is 19.7. The molecule has 1 fully saturated rings. The third-order valence-corrected chi connectivity index (χ3v) is 7.42. The summed E-state index contributed by atoms with van der Waals surface area (Å²) in [6.07, 6.45) is 0. The summed E-state index contributed by atoms with van der Waals surface area (Å²) in [6.45, 7) is 0. The van der Waals surface area contributed by atoms with Gasteiger partial charge in [0.15, 0.2) is 5.13 Å². The van der Waals surface area contributed by atoms with Crippen LogP contribution in [0.5, 0.6) is 11.5 Å². The third kappa shape index (κ3) is 4.06. The van der Waals surface area contributed by atoms with Crippen molar-refractivity contribution >= 4 is 78.9 Å². The number of halogens is 3. The number of ketones is 1. The van der Waals surface area contributed by atoms with Gasteiger partial charge in [-0.2, -0.15) is 0 Å². The van der Waals surface area contributed by atoms with Gasteiger partial charge >= 0.3 is 5.91 Å². The molecule has 7 nitrogen and oxygen atoms in total. The van der Waals surface area contributed by atoms with E-state index in [0.717, 1.165) is 0 Å². The number of aromatic nitrogens is 1. The number of fused-ring (bicyclic) bond motifs is 1. The number of hydrogen-bond donors (Lipinski definition) is 2. The molecule has 5 rings (SSSR count). The summed E-state index contributed by atoms with van der Waals surface area (Å²) in [5, 5.41) is 22.3. The number of hydrogen-bond acceptors (Lipinski definition) is 7. The first-order chi connectivity index (χ1) is 17.2. The van der Waals surface area contributed by atoms with Crippen molar-refractivity contribution in [3.63, 3.8) is 0 Å². The first-order valence-electron chi connectivity index (χ1n) is 10.4. The fourth-order valence-electron chi connectivity index (χ4n) is 4.08. The molecular formula is C25H15Cl3N2O5S. The van der Waals surface area contributed by atoms with Crippen LogP contribution in [0.25, 0.3) is 16.0 Å². The number of rotatable bonds is 4. The van der Waals surface area contributed by atoms with Gasteiger partial charge in [0, 0.05) is 10.0 Å². The molecule has 11 heteroatoms. The van der Waals surface area contributed by atoms with E-state index in [0.29, 0.717) is 20.8 Å². The lowest BCUT2D eigenvalue weighted by Crippen LogP contribution is -2.29. The minimum absolute atomic E-state index is 0.00590. The number of thiazole rings is 1. The monoisotopic (exact) mass is 560 g/mol. The maximum atomic E-state index is 13.4. The molecule has 0 aliphatic carbocycles. The van der Waals surface area contributed by atoms with Gasteiger partial charge in [0.25, 0.3) is 5.78 Å². The van der Waals surface area contributed by atoms with Crippen LogP contribution in [0.1, 0.15) is 17.2 Å². The Morgan fingerprint density at radius 3 is 2.44 bits per heavy atom. The summed E-state index contributed by atoms with van der Waals surface area (Å²) in [5.74, 6) is -2.25. The number of nitrogens with zero attached hydrogens (tertiary/aromatic N) is 2. The molecule has 1 atom stereocenters. The highest BCUT2D eigenvalue weighted by Gasteiger charge is 2.48. The van der Waals surface area contributed by atoms with Crippen LogP contribution in [0, 0.1) is 0 Å². The Morgan fingerprint density at radius 2 is 1.75 bits per heavy atom. The minimum Gasteiger partial charge on any atom is -0.508 e. The molecule has 0 bridgehead atoms. The van der Waals surface area contributed by atoms with Crippen molar-refractivity contribution in [3.8, 4) is 11.5 Å². The number of aromatic hydroxyl groups is 1. The summed E-state index contributed by atoms with van der Waals surface area (Å²) < 4.78 is 6.06. The maximum Gasteiger partial charge on any atom is 0.301 e. The molecule has 1 amide bonds. The number of phenolic OH excluding ortho intramolecular Hbond substituents is 1. The van der Waals surface area contributed by atoms with Crippen molar-refractivity contribution in [1.29, 1.82) is 0 Å². The fourth-order valence-corrected chi connectivity index (χ4v) is 5.92. The highest BCUT2D eigenvalue weighted by Crippen LogP contribution is 2.46. The van der Waals surface area contributed by atoms with Crippen LogP contribution < -0.4 is 9.64 Å². The van der Waals surface area contributed by atoms with Crippen molar-refractivity contribution < 1.29 is 24.5 Å². The van der Waals surface area contributed by atoms with Crippen molar-refractivity contribution in [3.05, 3.63) is 86.4 Å². The third-order valence-electron chi connectivity index (χ3n) is 5.67. The number of methoxy groups -OCH3 is 1. The second kappa shape index (κ2) is 9.29. The molecule has 4 aromatic rings. The molecule has 3 aromatic carbocycles. The van der Waals surface area contributed by atoms with Gasteiger partial charge in [-0.1, -0.05) is 58.3 Å². The largest absolute Gasteiger partial charge is 0.508 e. The molecule has 1 aliphatic rings. The molecule has 0 spiro atoms. The Balaban J connectivity index is 1.77. The van der Waals surface area contributed by atoms with E-state index in [1.165, 1.54) is 47.6 Å². The number of ether oxygens (including phenoxy) is 1. The normalized spacial score (nSPS) is 17.2. The summed E-state index contributed by atoms with van der Waals surface area (Å²) in [6, 6.07) is 12.8. The van der Waals surface area contributed by atoms with Gasteiger partial charge in [0.05, 0.1) is 39.5 Å². The van der Waals surface area contributed by atoms with Gasteiger partial charge in [-0.05, 0) is 48.0 Å². The summed E-state index contributed by atoms with van der Waals surface area (Å²) in [5.41, 5.74) is 0.888. The van der Waals surface area contributed by atoms with Crippen LogP contribution in [-0.4, -0.2) is 34.0 Å². The zero-order valence-corrected chi connectivity index (χ0v) is 21.4. The van der Waals surface area contributed by atoms with Crippen molar-refractivity contribution in [2.45, 2.75) is 6.04 Å². The van der Waals surface area contributed by atoms with Crippen LogP contribution >= 0.6 is 46.1 Å². The molecule has 0 saturated carbocycles. The first kappa shape index (κ1) is 24.4. The predicted octanol–water partition coefficient (Wildman–Crippen LogP) is 6.60. The minimum atomic E-state index is -1.07. The number of aliphatic hydroxyl groups is 1. The predicted molar refractivity (Wildman–Crippen MR) is 141 cm³/mol. The average Bonchev–Trinajstić information content (AvgIpc) is 3.36. The molecule has 1 saturated heterocycles. The highest BCUT2D eigenvalue weighted by molar-refractivity contribution is 7.22. The highest BCUT2D eigenvalue weighted by atomic mass is 35.5. The van der Waals surface area contributed by atoms with E-state index in [-0.39, 0.29) is 37.8 Å². The average molecular weight is 562 g/mol. The van der Waals surface area contributed by atoms with E-state index in [1.54, 1.807) is 30.3 Å². The SMILES string of the molecule is COc1c(Cl)cc(Cl)cc1/C(O)=C1\C(=O)C(=O)N(c2nc3ccc(Cl)cc3s2)C1c1ccc(O)cc1. The molecule has 1 aromatic heterocycles. The van der Waals surface area contributed by atoms with Crippen LogP contribution in [-0.2, 0) is 9.59 Å². The quantitative estimate of drug-likeness (QED) is 0.165. The molecule has 2 N–H and O–H groups in total. The lowest BCUT2D eigenvalue weighted by atomic mass is 9.95. The van der Waals surface area contributed by atoms with Gasteiger partial charge in [-0.3, -0.25) is 14.5 Å². The Morgan fingerprint density at radius 1 is 1.03 bits per heavy atom. The zero-order valence-electron chi connectivity index (χ0n) is 18.3. The fraction of sp³-hybridized carbons (Fsp3) is 0.0800. The Labute approximate surface area is 223 Å². The maximum absolute atomic E-state index is 13.4. The molecular weight excluding hydrogens is 547 g/mol.